The van der Waals surface area contributed by atoms with Gasteiger partial charge >= 0.3 is 0 Å². The number of pyridine rings is 1. The van der Waals surface area contributed by atoms with Crippen LogP contribution in [0.4, 0.5) is 4.39 Å². The Balaban J connectivity index is 2.32. The lowest BCUT2D eigenvalue weighted by Crippen LogP contribution is -2.61. The zero-order valence-electron chi connectivity index (χ0n) is 8.59. The topological polar surface area (TPSA) is 70.5 Å². The summed E-state index contributed by atoms with van der Waals surface area (Å²) in [6.07, 6.45) is 1.22. The molecule has 0 radical (unpaired) electrons. The van der Waals surface area contributed by atoms with Crippen LogP contribution in [-0.2, 0) is 10.0 Å². The van der Waals surface area contributed by atoms with Gasteiger partial charge in [0.1, 0.15) is 0 Å². The first-order chi connectivity index (χ1) is 7.33. The van der Waals surface area contributed by atoms with E-state index in [4.69, 9.17) is 0 Å². The fourth-order valence-corrected chi connectivity index (χ4v) is 3.22. The lowest BCUT2D eigenvalue weighted by molar-refractivity contribution is -0.0428. The normalized spacial score (nSPS) is 20.4. The zero-order chi connectivity index (χ0) is 12.0. The van der Waals surface area contributed by atoms with Gasteiger partial charge in [-0.05, 0) is 19.1 Å². The van der Waals surface area contributed by atoms with Crippen LogP contribution in [0.25, 0.3) is 0 Å². The molecule has 5 nitrogen and oxygen atoms in total. The minimum absolute atomic E-state index is 0.0364. The third-order valence-electron chi connectivity index (χ3n) is 2.34. The molecule has 0 saturated carbocycles. The summed E-state index contributed by atoms with van der Waals surface area (Å²) in [5, 5.41) is 8.85. The maximum atomic E-state index is 13.3. The van der Waals surface area contributed by atoms with Crippen molar-refractivity contribution in [3.8, 4) is 0 Å². The minimum Gasteiger partial charge on any atom is -0.387 e. The average molecular weight is 246 g/mol. The largest absolute Gasteiger partial charge is 0.387 e. The Morgan fingerprint density at radius 1 is 1.56 bits per heavy atom. The van der Waals surface area contributed by atoms with Crippen LogP contribution in [0.15, 0.2) is 23.4 Å². The highest BCUT2D eigenvalue weighted by Gasteiger charge is 2.45. The van der Waals surface area contributed by atoms with Crippen molar-refractivity contribution in [2.75, 3.05) is 13.1 Å². The van der Waals surface area contributed by atoms with Crippen LogP contribution >= 0.6 is 0 Å². The van der Waals surface area contributed by atoms with E-state index >= 15 is 0 Å². The zero-order valence-corrected chi connectivity index (χ0v) is 9.41. The first-order valence-electron chi connectivity index (χ1n) is 4.66. The SMILES string of the molecule is CC1(O)CN(S(=O)(=O)c2ncccc2F)C1. The van der Waals surface area contributed by atoms with E-state index in [1.807, 2.05) is 0 Å². The molecular weight excluding hydrogens is 235 g/mol. The van der Waals surface area contributed by atoms with E-state index in [1.54, 1.807) is 0 Å². The van der Waals surface area contributed by atoms with Crippen molar-refractivity contribution in [2.45, 2.75) is 17.6 Å². The second-order valence-electron chi connectivity index (χ2n) is 4.06. The molecule has 0 atom stereocenters. The third kappa shape index (κ3) is 1.81. The molecule has 1 fully saturated rings. The summed E-state index contributed by atoms with van der Waals surface area (Å²) >= 11 is 0. The molecule has 1 aliphatic heterocycles. The fraction of sp³-hybridized carbons (Fsp3) is 0.444. The van der Waals surface area contributed by atoms with Gasteiger partial charge in [0.2, 0.25) is 5.03 Å². The molecule has 88 valence electrons. The Morgan fingerprint density at radius 2 is 2.19 bits per heavy atom. The first-order valence-corrected chi connectivity index (χ1v) is 6.10. The van der Waals surface area contributed by atoms with Crippen molar-refractivity contribution in [3.05, 3.63) is 24.1 Å². The molecule has 0 aromatic carbocycles. The predicted octanol–water partition coefficient (Wildman–Crippen LogP) is -0.0240. The van der Waals surface area contributed by atoms with Crippen molar-refractivity contribution in [1.29, 1.82) is 0 Å². The Bertz CT molecular complexity index is 507. The highest BCUT2D eigenvalue weighted by molar-refractivity contribution is 7.89. The molecule has 0 aliphatic carbocycles. The second kappa shape index (κ2) is 3.47. The van der Waals surface area contributed by atoms with Gasteiger partial charge in [-0.15, -0.1) is 0 Å². The minimum atomic E-state index is -3.92. The maximum Gasteiger partial charge on any atom is 0.263 e. The van der Waals surface area contributed by atoms with Gasteiger partial charge in [-0.3, -0.25) is 0 Å². The van der Waals surface area contributed by atoms with E-state index < -0.39 is 26.5 Å². The standard InChI is InChI=1S/C9H11FN2O3S/c1-9(13)5-12(6-9)16(14,15)8-7(10)3-2-4-11-8/h2-4,13H,5-6H2,1H3. The van der Waals surface area contributed by atoms with Crippen LogP contribution in [0.5, 0.6) is 0 Å². The molecule has 1 aromatic heterocycles. The van der Waals surface area contributed by atoms with E-state index in [1.165, 1.54) is 19.2 Å². The van der Waals surface area contributed by atoms with Crippen LogP contribution < -0.4 is 0 Å². The van der Waals surface area contributed by atoms with Gasteiger partial charge in [0, 0.05) is 19.3 Å². The molecular formula is C9H11FN2O3S. The number of hydrogen-bond acceptors (Lipinski definition) is 4. The molecule has 2 heterocycles. The van der Waals surface area contributed by atoms with Crippen LogP contribution in [0, 0.1) is 5.82 Å². The lowest BCUT2D eigenvalue weighted by Gasteiger charge is -2.42. The van der Waals surface area contributed by atoms with Gasteiger partial charge in [-0.25, -0.2) is 17.8 Å². The van der Waals surface area contributed by atoms with Gasteiger partial charge in [0.15, 0.2) is 5.82 Å². The number of sulfonamides is 1. The predicted molar refractivity (Wildman–Crippen MR) is 53.6 cm³/mol. The molecule has 1 N–H and O–H groups in total. The maximum absolute atomic E-state index is 13.3. The van der Waals surface area contributed by atoms with Gasteiger partial charge in [-0.2, -0.15) is 4.31 Å². The summed E-state index contributed by atoms with van der Waals surface area (Å²) in [7, 11) is -3.92. The second-order valence-corrected chi connectivity index (χ2v) is 5.91. The van der Waals surface area contributed by atoms with E-state index in [9.17, 15) is 17.9 Å². The Labute approximate surface area is 92.6 Å². The average Bonchev–Trinajstić information content (AvgIpc) is 2.14. The molecule has 16 heavy (non-hydrogen) atoms. The molecule has 1 aromatic rings. The van der Waals surface area contributed by atoms with Crippen LogP contribution in [-0.4, -0.2) is 41.5 Å². The van der Waals surface area contributed by atoms with Gasteiger partial charge in [0.05, 0.1) is 5.60 Å². The van der Waals surface area contributed by atoms with Gasteiger partial charge in [0.25, 0.3) is 10.0 Å². The summed E-state index contributed by atoms with van der Waals surface area (Å²) in [5.74, 6) is -0.881. The summed E-state index contributed by atoms with van der Waals surface area (Å²) < 4.78 is 37.9. The number of aliphatic hydroxyl groups is 1. The third-order valence-corrected chi connectivity index (χ3v) is 4.07. The van der Waals surface area contributed by atoms with Crippen LogP contribution in [0.3, 0.4) is 0 Å². The molecule has 1 aliphatic rings. The van der Waals surface area contributed by atoms with E-state index in [0.29, 0.717) is 0 Å². The molecule has 0 bridgehead atoms. The quantitative estimate of drug-likeness (QED) is 0.796. The first kappa shape index (κ1) is 11.4. The van der Waals surface area contributed by atoms with Gasteiger partial charge in [-0.1, -0.05) is 0 Å². The van der Waals surface area contributed by atoms with Crippen LogP contribution in [0.1, 0.15) is 6.92 Å². The summed E-state index contributed by atoms with van der Waals surface area (Å²) in [4.78, 5) is 3.51. The Hall–Kier alpha value is -1.05. The molecule has 0 spiro atoms. The van der Waals surface area contributed by atoms with Crippen molar-refractivity contribution in [3.63, 3.8) is 0 Å². The number of aromatic nitrogens is 1. The summed E-state index contributed by atoms with van der Waals surface area (Å²) in [6.45, 7) is 1.45. The Kier molecular flexibility index (Phi) is 2.48. The Morgan fingerprint density at radius 3 is 2.69 bits per heavy atom. The molecule has 7 heteroatoms. The number of halogens is 1. The van der Waals surface area contributed by atoms with Crippen molar-refractivity contribution in [1.82, 2.24) is 9.29 Å². The smallest absolute Gasteiger partial charge is 0.263 e. The van der Waals surface area contributed by atoms with Crippen molar-refractivity contribution in [2.24, 2.45) is 0 Å². The lowest BCUT2D eigenvalue weighted by atomic mass is 10.0. The highest BCUT2D eigenvalue weighted by Crippen LogP contribution is 2.27. The monoisotopic (exact) mass is 246 g/mol. The molecule has 1 saturated heterocycles. The van der Waals surface area contributed by atoms with Crippen LogP contribution in [0.2, 0.25) is 0 Å². The number of rotatable bonds is 2. The highest BCUT2D eigenvalue weighted by atomic mass is 32.2. The summed E-state index contributed by atoms with van der Waals surface area (Å²) in [6, 6.07) is 2.36. The fourth-order valence-electron chi connectivity index (χ4n) is 1.57. The molecule has 0 amide bonds. The van der Waals surface area contributed by atoms with E-state index in [-0.39, 0.29) is 13.1 Å². The van der Waals surface area contributed by atoms with Crippen molar-refractivity contribution < 1.29 is 17.9 Å². The van der Waals surface area contributed by atoms with E-state index in [2.05, 4.69) is 4.98 Å². The molecule has 2 rings (SSSR count). The van der Waals surface area contributed by atoms with Crippen molar-refractivity contribution >= 4 is 10.0 Å². The molecule has 0 unspecified atom stereocenters. The van der Waals surface area contributed by atoms with Gasteiger partial charge < -0.3 is 5.11 Å². The number of nitrogens with zero attached hydrogens (tertiary/aromatic N) is 2. The van der Waals surface area contributed by atoms with E-state index in [0.717, 1.165) is 10.4 Å². The number of hydrogen-bond donors (Lipinski definition) is 1. The summed E-state index contributed by atoms with van der Waals surface area (Å²) in [5.41, 5.74) is -1.03. The number of β-amino-alcohol motifs (C(OH)–C–C–N with tert-alkyl or cyclic N) is 1.